The summed E-state index contributed by atoms with van der Waals surface area (Å²) in [5.41, 5.74) is 1.64. The molecule has 2 heterocycles. The second kappa shape index (κ2) is 7.34. The molecule has 126 valence electrons. The van der Waals surface area contributed by atoms with Crippen LogP contribution >= 0.6 is 0 Å². The van der Waals surface area contributed by atoms with E-state index in [0.717, 1.165) is 25.1 Å². The van der Waals surface area contributed by atoms with Crippen molar-refractivity contribution in [3.63, 3.8) is 0 Å². The minimum Gasteiger partial charge on any atom is -0.481 e. The van der Waals surface area contributed by atoms with Crippen molar-refractivity contribution in [3.05, 3.63) is 54.4 Å². The fraction of sp³-hybridized carbons (Fsp3) is 0.368. The van der Waals surface area contributed by atoms with E-state index < -0.39 is 5.97 Å². The molecule has 1 aliphatic heterocycles. The number of rotatable bonds is 5. The second-order valence-electron chi connectivity index (χ2n) is 6.33. The number of carbonyl (C=O) groups excluding carboxylic acids is 1. The van der Waals surface area contributed by atoms with Crippen LogP contribution in [0, 0.1) is 5.92 Å². The first-order valence-corrected chi connectivity index (χ1v) is 8.38. The zero-order valence-electron chi connectivity index (χ0n) is 13.6. The second-order valence-corrected chi connectivity index (χ2v) is 6.33. The molecule has 1 aliphatic rings. The van der Waals surface area contributed by atoms with Crippen LogP contribution in [0.5, 0.6) is 0 Å². The van der Waals surface area contributed by atoms with Gasteiger partial charge in [0.15, 0.2) is 0 Å². The largest absolute Gasteiger partial charge is 0.481 e. The fourth-order valence-corrected chi connectivity index (χ4v) is 3.30. The Morgan fingerprint density at radius 1 is 1.17 bits per heavy atom. The molecule has 1 N–H and O–H groups in total. The molecular weight excluding hydrogens is 304 g/mol. The lowest BCUT2D eigenvalue weighted by molar-refractivity contribution is -0.137. The highest BCUT2D eigenvalue weighted by molar-refractivity contribution is 5.94. The lowest BCUT2D eigenvalue weighted by atomic mass is 9.93. The first kappa shape index (κ1) is 16.3. The van der Waals surface area contributed by atoms with Crippen LogP contribution in [-0.4, -0.2) is 39.5 Å². The molecule has 0 radical (unpaired) electrons. The quantitative estimate of drug-likeness (QED) is 0.918. The lowest BCUT2D eigenvalue weighted by Crippen LogP contribution is -2.40. The van der Waals surface area contributed by atoms with Crippen LogP contribution in [0.15, 0.2) is 48.8 Å². The average Bonchev–Trinajstić information content (AvgIpc) is 3.14. The van der Waals surface area contributed by atoms with Crippen LogP contribution < -0.4 is 0 Å². The highest BCUT2D eigenvalue weighted by atomic mass is 16.4. The number of piperidine rings is 1. The molecule has 1 aromatic heterocycles. The molecule has 0 aliphatic carbocycles. The zero-order chi connectivity index (χ0) is 16.9. The normalized spacial score (nSPS) is 17.7. The van der Waals surface area contributed by atoms with E-state index in [1.165, 1.54) is 0 Å². The Hall–Kier alpha value is -2.56. The van der Waals surface area contributed by atoms with E-state index in [1.807, 2.05) is 58.3 Å². The minimum absolute atomic E-state index is 0.0315. The van der Waals surface area contributed by atoms with E-state index in [9.17, 15) is 9.59 Å². The molecule has 24 heavy (non-hydrogen) atoms. The Labute approximate surface area is 141 Å². The third-order valence-corrected chi connectivity index (χ3v) is 4.57. The monoisotopic (exact) mass is 326 g/mol. The summed E-state index contributed by atoms with van der Waals surface area (Å²) in [6.07, 6.45) is 6.66. The van der Waals surface area contributed by atoms with Gasteiger partial charge < -0.3 is 14.6 Å². The molecule has 1 aromatic carbocycles. The van der Waals surface area contributed by atoms with Gasteiger partial charge in [-0.15, -0.1) is 0 Å². The summed E-state index contributed by atoms with van der Waals surface area (Å²) >= 11 is 0. The maximum Gasteiger partial charge on any atom is 0.303 e. The predicted octanol–water partition coefficient (Wildman–Crippen LogP) is 3.19. The summed E-state index contributed by atoms with van der Waals surface area (Å²) < 4.78 is 1.97. The van der Waals surface area contributed by atoms with Crippen LogP contribution in [0.25, 0.3) is 5.69 Å². The topological polar surface area (TPSA) is 62.5 Å². The summed E-state index contributed by atoms with van der Waals surface area (Å²) in [5, 5.41) is 8.84. The number of aromatic nitrogens is 1. The number of carboxylic acids is 1. The van der Waals surface area contributed by atoms with Gasteiger partial charge in [0.05, 0.1) is 0 Å². The molecule has 0 unspecified atom stereocenters. The number of carbonyl (C=O) groups is 2. The Kier molecular flexibility index (Phi) is 4.99. The number of nitrogens with zero attached hydrogens (tertiary/aromatic N) is 2. The molecule has 1 amide bonds. The molecule has 3 rings (SSSR count). The van der Waals surface area contributed by atoms with Gasteiger partial charge in [0.25, 0.3) is 5.91 Å². The third kappa shape index (κ3) is 3.85. The van der Waals surface area contributed by atoms with Crippen molar-refractivity contribution in [2.45, 2.75) is 25.7 Å². The van der Waals surface area contributed by atoms with E-state index in [1.54, 1.807) is 0 Å². The average molecular weight is 326 g/mol. The molecule has 1 fully saturated rings. The molecule has 0 spiro atoms. The molecule has 5 nitrogen and oxygen atoms in total. The molecular formula is C19H22N2O3. The van der Waals surface area contributed by atoms with Gasteiger partial charge in [-0.25, -0.2) is 0 Å². The maximum absolute atomic E-state index is 12.8. The maximum atomic E-state index is 12.8. The van der Waals surface area contributed by atoms with Gasteiger partial charge >= 0.3 is 5.97 Å². The zero-order valence-corrected chi connectivity index (χ0v) is 13.6. The van der Waals surface area contributed by atoms with E-state index in [0.29, 0.717) is 18.5 Å². The van der Waals surface area contributed by atoms with Crippen molar-refractivity contribution >= 4 is 11.9 Å². The summed E-state index contributed by atoms with van der Waals surface area (Å²) in [4.78, 5) is 25.4. The van der Waals surface area contributed by atoms with Gasteiger partial charge in [-0.2, -0.15) is 0 Å². The molecule has 1 saturated heterocycles. The first-order valence-electron chi connectivity index (χ1n) is 8.38. The van der Waals surface area contributed by atoms with Gasteiger partial charge in [0.1, 0.15) is 0 Å². The first-order chi connectivity index (χ1) is 11.6. The highest BCUT2D eigenvalue weighted by Gasteiger charge is 2.25. The van der Waals surface area contributed by atoms with E-state index in [4.69, 9.17) is 5.11 Å². The smallest absolute Gasteiger partial charge is 0.303 e. The van der Waals surface area contributed by atoms with E-state index in [2.05, 4.69) is 0 Å². The van der Waals surface area contributed by atoms with Crippen molar-refractivity contribution in [2.24, 2.45) is 5.92 Å². The third-order valence-electron chi connectivity index (χ3n) is 4.57. The number of benzene rings is 1. The minimum atomic E-state index is -0.766. The summed E-state index contributed by atoms with van der Waals surface area (Å²) in [5.74, 6) is -0.451. The number of amides is 1. The van der Waals surface area contributed by atoms with Gasteiger partial charge in [-0.1, -0.05) is 6.07 Å². The summed E-state index contributed by atoms with van der Waals surface area (Å²) in [6, 6.07) is 11.5. The molecule has 0 saturated carbocycles. The molecule has 1 atom stereocenters. The van der Waals surface area contributed by atoms with Crippen molar-refractivity contribution in [1.29, 1.82) is 0 Å². The SMILES string of the molecule is O=C(O)CC[C@@H]1CCCN(C(=O)c2cccc(-n3cccc3)c2)C1. The lowest BCUT2D eigenvalue weighted by Gasteiger charge is -2.32. The fourth-order valence-electron chi connectivity index (χ4n) is 3.30. The predicted molar refractivity (Wildman–Crippen MR) is 91.3 cm³/mol. The number of hydrogen-bond acceptors (Lipinski definition) is 2. The standard InChI is InChI=1S/C19H22N2O3/c22-18(23)9-8-15-5-4-12-21(14-15)19(24)16-6-3-7-17(13-16)20-10-1-2-11-20/h1-3,6-7,10-11,13,15H,4-5,8-9,12,14H2,(H,22,23)/t15-/m0/s1. The van der Waals surface area contributed by atoms with Gasteiger partial charge in [0.2, 0.25) is 0 Å². The number of likely N-dealkylation sites (tertiary alicyclic amines) is 1. The number of aliphatic carboxylic acids is 1. The van der Waals surface area contributed by atoms with Crippen molar-refractivity contribution in [2.75, 3.05) is 13.1 Å². The number of carboxylic acid groups (broad SMARTS) is 1. The van der Waals surface area contributed by atoms with Crippen LogP contribution in [-0.2, 0) is 4.79 Å². The highest BCUT2D eigenvalue weighted by Crippen LogP contribution is 2.23. The van der Waals surface area contributed by atoms with Crippen LogP contribution in [0.2, 0.25) is 0 Å². The van der Waals surface area contributed by atoms with Crippen LogP contribution in [0.4, 0.5) is 0 Å². The molecule has 2 aromatic rings. The van der Waals surface area contributed by atoms with Gasteiger partial charge in [-0.3, -0.25) is 9.59 Å². The molecule has 5 heteroatoms. The van der Waals surface area contributed by atoms with Crippen molar-refractivity contribution in [1.82, 2.24) is 9.47 Å². The summed E-state index contributed by atoms with van der Waals surface area (Å²) in [6.45, 7) is 1.40. The van der Waals surface area contributed by atoms with E-state index in [-0.39, 0.29) is 18.2 Å². The molecule has 0 bridgehead atoms. The van der Waals surface area contributed by atoms with Gasteiger partial charge in [0, 0.05) is 43.2 Å². The van der Waals surface area contributed by atoms with Crippen molar-refractivity contribution < 1.29 is 14.7 Å². The Balaban J connectivity index is 1.69. The Morgan fingerprint density at radius 2 is 1.96 bits per heavy atom. The van der Waals surface area contributed by atoms with Crippen LogP contribution in [0.3, 0.4) is 0 Å². The van der Waals surface area contributed by atoms with Gasteiger partial charge in [-0.05, 0) is 55.5 Å². The Bertz CT molecular complexity index is 709. The van der Waals surface area contributed by atoms with Crippen molar-refractivity contribution in [3.8, 4) is 5.69 Å². The van der Waals surface area contributed by atoms with Crippen LogP contribution in [0.1, 0.15) is 36.0 Å². The Morgan fingerprint density at radius 3 is 2.71 bits per heavy atom. The number of hydrogen-bond donors (Lipinski definition) is 1. The van der Waals surface area contributed by atoms with E-state index >= 15 is 0 Å². The summed E-state index contributed by atoms with van der Waals surface area (Å²) in [7, 11) is 0.